The van der Waals surface area contributed by atoms with Gasteiger partial charge in [0.2, 0.25) is 23.4 Å². The Hall–Kier alpha value is -3.87. The van der Waals surface area contributed by atoms with Crippen LogP contribution in [0.4, 0.5) is 22.4 Å². The van der Waals surface area contributed by atoms with Gasteiger partial charge in [-0.25, -0.2) is 13.6 Å². The second kappa shape index (κ2) is 14.9. The molecule has 3 N–H and O–H groups in total. The van der Waals surface area contributed by atoms with Crippen molar-refractivity contribution in [2.24, 2.45) is 11.8 Å². The van der Waals surface area contributed by atoms with E-state index in [1.807, 2.05) is 0 Å². The minimum absolute atomic E-state index is 0.0110. The Morgan fingerprint density at radius 1 is 1.05 bits per heavy atom. The van der Waals surface area contributed by atoms with Crippen LogP contribution >= 0.6 is 11.6 Å². The molecule has 228 valence electrons. The van der Waals surface area contributed by atoms with Crippen molar-refractivity contribution in [3.8, 4) is 5.75 Å². The van der Waals surface area contributed by atoms with Crippen LogP contribution in [0.5, 0.6) is 5.75 Å². The fourth-order valence-electron chi connectivity index (χ4n) is 4.28. The number of amides is 3. The third-order valence-corrected chi connectivity index (χ3v) is 6.63. The maximum Gasteiger partial charge on any atom is 0.408 e. The molecule has 3 rings (SSSR count). The number of carbonyl (C=O) groups is 4. The van der Waals surface area contributed by atoms with Gasteiger partial charge in [0, 0.05) is 23.6 Å². The van der Waals surface area contributed by atoms with Gasteiger partial charge in [-0.15, -0.1) is 0 Å². The molecule has 0 spiro atoms. The lowest BCUT2D eigenvalue weighted by Gasteiger charge is -2.25. The summed E-state index contributed by atoms with van der Waals surface area (Å²) in [6.45, 7) is 2.70. The first-order valence-electron chi connectivity index (χ1n) is 13.1. The number of halogens is 5. The summed E-state index contributed by atoms with van der Waals surface area (Å²) in [5.41, 5.74) is 0.606. The minimum atomic E-state index is -1.84. The maximum atomic E-state index is 14.0. The van der Waals surface area contributed by atoms with Crippen LogP contribution in [0, 0.1) is 35.1 Å². The van der Waals surface area contributed by atoms with Crippen LogP contribution in [0.2, 0.25) is 5.02 Å². The highest BCUT2D eigenvalue weighted by molar-refractivity contribution is 6.30. The standard InChI is InChI=1S/C28H30ClF4N3O6/c1-14(2)8-21(36-28(40)42-12-15-4-3-5-17(29)9-15)27(39)35-20(10-16-6-7-34-26(16)38)22(37)13-41-25-23(32)18(30)11-19(31)24(25)33/h3-5,9,11,14,16,20-21H,6-8,10,12-13H2,1-2H3,(H,34,38)(H,35,39)(H,36,40)/t16-,20-,21-/m0/s1. The number of ether oxygens (including phenoxy) is 2. The van der Waals surface area contributed by atoms with E-state index in [0.717, 1.165) is 0 Å². The Morgan fingerprint density at radius 2 is 1.74 bits per heavy atom. The van der Waals surface area contributed by atoms with Gasteiger partial charge in [-0.2, -0.15) is 8.78 Å². The second-order valence-corrected chi connectivity index (χ2v) is 10.6. The van der Waals surface area contributed by atoms with E-state index >= 15 is 0 Å². The summed E-state index contributed by atoms with van der Waals surface area (Å²) in [5.74, 6) is -11.4. The lowest BCUT2D eigenvalue weighted by atomic mass is 9.95. The maximum absolute atomic E-state index is 14.0. The first-order chi connectivity index (χ1) is 19.8. The summed E-state index contributed by atoms with van der Waals surface area (Å²) in [4.78, 5) is 51.0. The van der Waals surface area contributed by atoms with Gasteiger partial charge in [-0.3, -0.25) is 14.4 Å². The highest BCUT2D eigenvalue weighted by Crippen LogP contribution is 2.27. The van der Waals surface area contributed by atoms with Gasteiger partial charge in [0.05, 0.1) is 6.04 Å². The van der Waals surface area contributed by atoms with Gasteiger partial charge < -0.3 is 25.4 Å². The molecule has 0 bridgehead atoms. The summed E-state index contributed by atoms with van der Waals surface area (Å²) < 4.78 is 65.1. The van der Waals surface area contributed by atoms with Crippen LogP contribution in [0.1, 0.15) is 38.7 Å². The molecule has 2 aromatic rings. The Morgan fingerprint density at radius 3 is 2.33 bits per heavy atom. The van der Waals surface area contributed by atoms with Gasteiger partial charge in [0.1, 0.15) is 19.3 Å². The average Bonchev–Trinajstić information content (AvgIpc) is 3.33. The van der Waals surface area contributed by atoms with Crippen LogP contribution in [0.25, 0.3) is 0 Å². The topological polar surface area (TPSA) is 123 Å². The number of carbonyl (C=O) groups excluding carboxylic acids is 4. The molecule has 0 aromatic heterocycles. The van der Waals surface area contributed by atoms with E-state index in [1.165, 1.54) is 0 Å². The third kappa shape index (κ3) is 9.07. The van der Waals surface area contributed by atoms with Crippen molar-refractivity contribution in [3.05, 3.63) is 64.2 Å². The average molecular weight is 616 g/mol. The van der Waals surface area contributed by atoms with E-state index in [4.69, 9.17) is 21.1 Å². The third-order valence-electron chi connectivity index (χ3n) is 6.39. The molecule has 1 fully saturated rings. The van der Waals surface area contributed by atoms with Crippen molar-refractivity contribution < 1.29 is 46.2 Å². The van der Waals surface area contributed by atoms with Crippen molar-refractivity contribution >= 4 is 35.3 Å². The van der Waals surface area contributed by atoms with Crippen molar-refractivity contribution in [1.82, 2.24) is 16.0 Å². The molecule has 1 saturated heterocycles. The van der Waals surface area contributed by atoms with Crippen molar-refractivity contribution in [1.29, 1.82) is 0 Å². The Balaban J connectivity index is 1.72. The summed E-state index contributed by atoms with van der Waals surface area (Å²) in [6.07, 6.45) is -0.633. The predicted molar refractivity (Wildman–Crippen MR) is 142 cm³/mol. The van der Waals surface area contributed by atoms with Crippen LogP contribution < -0.4 is 20.7 Å². The molecule has 3 amide bonds. The molecule has 0 unspecified atom stereocenters. The van der Waals surface area contributed by atoms with Crippen LogP contribution in [-0.2, 0) is 25.7 Å². The first-order valence-corrected chi connectivity index (χ1v) is 13.5. The molecule has 2 aromatic carbocycles. The van der Waals surface area contributed by atoms with Gasteiger partial charge >= 0.3 is 6.09 Å². The molecule has 42 heavy (non-hydrogen) atoms. The summed E-state index contributed by atoms with van der Waals surface area (Å²) in [7, 11) is 0. The van der Waals surface area contributed by atoms with Crippen molar-refractivity contribution in [3.63, 3.8) is 0 Å². The minimum Gasteiger partial charge on any atom is -0.479 e. The molecular formula is C28H30ClF4N3O6. The first kappa shape index (κ1) is 32.6. The number of hydrogen-bond donors (Lipinski definition) is 3. The predicted octanol–water partition coefficient (Wildman–Crippen LogP) is 4.20. The molecule has 0 saturated carbocycles. The monoisotopic (exact) mass is 615 g/mol. The Bertz CT molecular complexity index is 1300. The van der Waals surface area contributed by atoms with Crippen molar-refractivity contribution in [2.75, 3.05) is 13.2 Å². The molecule has 1 aliphatic rings. The molecule has 1 aliphatic heterocycles. The fourth-order valence-corrected chi connectivity index (χ4v) is 4.49. The highest BCUT2D eigenvalue weighted by atomic mass is 35.5. The van der Waals surface area contributed by atoms with Gasteiger partial charge in [-0.1, -0.05) is 37.6 Å². The summed E-state index contributed by atoms with van der Waals surface area (Å²) >= 11 is 5.93. The molecule has 0 aliphatic carbocycles. The number of rotatable bonds is 13. The van der Waals surface area contributed by atoms with Crippen LogP contribution in [0.15, 0.2) is 30.3 Å². The normalized spacial score (nSPS) is 16.0. The quantitative estimate of drug-likeness (QED) is 0.229. The molecular weight excluding hydrogens is 586 g/mol. The summed E-state index contributed by atoms with van der Waals surface area (Å²) in [6, 6.07) is 4.02. The Labute approximate surface area is 244 Å². The Kier molecular flexibility index (Phi) is 11.5. The lowest BCUT2D eigenvalue weighted by Crippen LogP contribution is -2.53. The SMILES string of the molecule is CC(C)C[C@H](NC(=O)OCc1cccc(Cl)c1)C(=O)N[C@@H](C[C@@H]1CCNC1=O)C(=O)COc1c(F)c(F)cc(F)c1F. The number of nitrogens with one attached hydrogen (secondary N) is 3. The smallest absolute Gasteiger partial charge is 0.408 e. The zero-order valence-electron chi connectivity index (χ0n) is 22.8. The molecule has 9 nitrogen and oxygen atoms in total. The van der Waals surface area contributed by atoms with E-state index < -0.39 is 71.4 Å². The number of ketones is 1. The number of benzene rings is 2. The van der Waals surface area contributed by atoms with Crippen molar-refractivity contribution in [2.45, 2.75) is 51.8 Å². The fraction of sp³-hybridized carbons (Fsp3) is 0.429. The van der Waals surface area contributed by atoms with Gasteiger partial charge in [0.25, 0.3) is 0 Å². The van der Waals surface area contributed by atoms with Crippen LogP contribution in [-0.4, -0.2) is 48.9 Å². The van der Waals surface area contributed by atoms with E-state index in [2.05, 4.69) is 16.0 Å². The van der Waals surface area contributed by atoms with E-state index in [0.29, 0.717) is 23.6 Å². The highest BCUT2D eigenvalue weighted by Gasteiger charge is 2.34. The number of Topliss-reactive ketones (excluding diaryl/α,β-unsaturated/α-hetero) is 1. The van der Waals surface area contributed by atoms with E-state index in [9.17, 15) is 36.7 Å². The van der Waals surface area contributed by atoms with Crippen LogP contribution in [0.3, 0.4) is 0 Å². The molecule has 0 radical (unpaired) electrons. The summed E-state index contributed by atoms with van der Waals surface area (Å²) in [5, 5.41) is 7.97. The van der Waals surface area contributed by atoms with E-state index in [-0.39, 0.29) is 37.3 Å². The zero-order chi connectivity index (χ0) is 31.0. The lowest BCUT2D eigenvalue weighted by molar-refractivity contribution is -0.131. The molecule has 14 heteroatoms. The van der Waals surface area contributed by atoms with E-state index in [1.54, 1.807) is 38.1 Å². The second-order valence-electron chi connectivity index (χ2n) is 10.2. The molecule has 3 atom stereocenters. The molecule has 1 heterocycles. The number of hydrogen-bond acceptors (Lipinski definition) is 6. The van der Waals surface area contributed by atoms with Gasteiger partial charge in [-0.05, 0) is 42.9 Å². The largest absolute Gasteiger partial charge is 0.479 e. The number of alkyl carbamates (subject to hydrolysis) is 1. The van der Waals surface area contributed by atoms with Gasteiger partial charge in [0.15, 0.2) is 23.2 Å². The zero-order valence-corrected chi connectivity index (χ0v) is 23.5.